The number of rotatable bonds is 8. The highest BCUT2D eigenvalue weighted by molar-refractivity contribution is 9.10. The molecule has 0 bridgehead atoms. The SMILES string of the molecule is CCOCCCNCCn1cccc(Br)c1=O. The standard InChI is InChI=1S/C12H19BrN2O2/c1-2-17-10-4-6-14-7-9-15-8-3-5-11(13)12(15)16/h3,5,8,14H,2,4,6-7,9-10H2,1H3. The van der Waals surface area contributed by atoms with Crippen LogP contribution in [0.3, 0.4) is 0 Å². The first-order valence-corrected chi connectivity index (χ1v) is 6.68. The Morgan fingerprint density at radius 3 is 3.06 bits per heavy atom. The Bertz CT molecular complexity index is 379. The smallest absolute Gasteiger partial charge is 0.264 e. The average molecular weight is 303 g/mol. The molecule has 0 unspecified atom stereocenters. The summed E-state index contributed by atoms with van der Waals surface area (Å²) in [6.07, 6.45) is 2.80. The first-order chi connectivity index (χ1) is 8.25. The van der Waals surface area contributed by atoms with Gasteiger partial charge in [-0.05, 0) is 48.0 Å². The van der Waals surface area contributed by atoms with Crippen LogP contribution < -0.4 is 10.9 Å². The van der Waals surface area contributed by atoms with Crippen LogP contribution in [0.15, 0.2) is 27.6 Å². The molecule has 1 aromatic rings. The van der Waals surface area contributed by atoms with E-state index in [-0.39, 0.29) is 5.56 Å². The summed E-state index contributed by atoms with van der Waals surface area (Å²) in [5.74, 6) is 0. The van der Waals surface area contributed by atoms with E-state index < -0.39 is 0 Å². The molecule has 0 aliphatic rings. The molecule has 4 nitrogen and oxygen atoms in total. The molecule has 0 amide bonds. The van der Waals surface area contributed by atoms with Crippen LogP contribution in [-0.2, 0) is 11.3 Å². The van der Waals surface area contributed by atoms with Gasteiger partial charge >= 0.3 is 0 Å². The molecular weight excluding hydrogens is 284 g/mol. The number of nitrogens with zero attached hydrogens (tertiary/aromatic N) is 1. The molecule has 0 aliphatic heterocycles. The van der Waals surface area contributed by atoms with Crippen LogP contribution in [0.2, 0.25) is 0 Å². The molecule has 0 saturated carbocycles. The van der Waals surface area contributed by atoms with E-state index in [9.17, 15) is 4.79 Å². The van der Waals surface area contributed by atoms with Crippen molar-refractivity contribution in [3.63, 3.8) is 0 Å². The van der Waals surface area contributed by atoms with Gasteiger partial charge in [0.15, 0.2) is 0 Å². The van der Waals surface area contributed by atoms with E-state index in [4.69, 9.17) is 4.74 Å². The Kier molecular flexibility index (Phi) is 7.16. The maximum absolute atomic E-state index is 11.6. The Hall–Kier alpha value is -0.650. The number of pyridine rings is 1. The highest BCUT2D eigenvalue weighted by Gasteiger charge is 1.98. The summed E-state index contributed by atoms with van der Waals surface area (Å²) in [4.78, 5) is 11.6. The Morgan fingerprint density at radius 1 is 1.47 bits per heavy atom. The number of hydrogen-bond acceptors (Lipinski definition) is 3. The minimum atomic E-state index is 0.0172. The molecule has 0 atom stereocenters. The van der Waals surface area contributed by atoms with Crippen LogP contribution in [0, 0.1) is 0 Å². The van der Waals surface area contributed by atoms with Crippen molar-refractivity contribution in [3.05, 3.63) is 33.2 Å². The van der Waals surface area contributed by atoms with Gasteiger partial charge in [-0.3, -0.25) is 4.79 Å². The van der Waals surface area contributed by atoms with Crippen molar-refractivity contribution in [1.29, 1.82) is 0 Å². The molecular formula is C12H19BrN2O2. The molecule has 17 heavy (non-hydrogen) atoms. The van der Waals surface area contributed by atoms with Crippen molar-refractivity contribution in [2.75, 3.05) is 26.3 Å². The van der Waals surface area contributed by atoms with Gasteiger partial charge in [0.2, 0.25) is 0 Å². The number of ether oxygens (including phenoxy) is 1. The summed E-state index contributed by atoms with van der Waals surface area (Å²) in [5.41, 5.74) is 0.0172. The molecule has 1 heterocycles. The molecule has 96 valence electrons. The van der Waals surface area contributed by atoms with E-state index in [1.807, 2.05) is 13.0 Å². The predicted octanol–water partition coefficient (Wildman–Crippen LogP) is 1.63. The van der Waals surface area contributed by atoms with Gasteiger partial charge in [-0.15, -0.1) is 0 Å². The number of nitrogens with one attached hydrogen (secondary N) is 1. The number of aromatic nitrogens is 1. The Morgan fingerprint density at radius 2 is 2.29 bits per heavy atom. The topological polar surface area (TPSA) is 43.3 Å². The lowest BCUT2D eigenvalue weighted by Crippen LogP contribution is -2.27. The summed E-state index contributed by atoms with van der Waals surface area (Å²) in [6.45, 7) is 5.96. The molecule has 0 fully saturated rings. The second-order valence-electron chi connectivity index (χ2n) is 3.66. The van der Waals surface area contributed by atoms with E-state index in [2.05, 4.69) is 21.2 Å². The van der Waals surface area contributed by atoms with Gasteiger partial charge in [0, 0.05) is 32.5 Å². The predicted molar refractivity (Wildman–Crippen MR) is 72.4 cm³/mol. The normalized spacial score (nSPS) is 10.7. The van der Waals surface area contributed by atoms with E-state index in [1.54, 1.807) is 16.8 Å². The van der Waals surface area contributed by atoms with Crippen LogP contribution in [0.4, 0.5) is 0 Å². The molecule has 1 rings (SSSR count). The summed E-state index contributed by atoms with van der Waals surface area (Å²) in [7, 11) is 0. The van der Waals surface area contributed by atoms with Crippen molar-refractivity contribution in [3.8, 4) is 0 Å². The van der Waals surface area contributed by atoms with Gasteiger partial charge in [-0.1, -0.05) is 0 Å². The maximum atomic E-state index is 11.6. The minimum absolute atomic E-state index is 0.0172. The van der Waals surface area contributed by atoms with Crippen molar-refractivity contribution in [2.24, 2.45) is 0 Å². The van der Waals surface area contributed by atoms with E-state index in [0.29, 0.717) is 11.0 Å². The van der Waals surface area contributed by atoms with Gasteiger partial charge in [0.05, 0.1) is 4.47 Å². The van der Waals surface area contributed by atoms with Gasteiger partial charge in [0.1, 0.15) is 0 Å². The summed E-state index contributed by atoms with van der Waals surface area (Å²) < 4.78 is 7.53. The lowest BCUT2D eigenvalue weighted by molar-refractivity contribution is 0.145. The Balaban J connectivity index is 2.18. The molecule has 0 saturated heterocycles. The van der Waals surface area contributed by atoms with Crippen LogP contribution in [0.5, 0.6) is 0 Å². The second-order valence-corrected chi connectivity index (χ2v) is 4.51. The van der Waals surface area contributed by atoms with Crippen molar-refractivity contribution < 1.29 is 4.74 Å². The number of hydrogen-bond donors (Lipinski definition) is 1. The summed E-state index contributed by atoms with van der Waals surface area (Å²) in [5, 5.41) is 3.28. The first kappa shape index (κ1) is 14.4. The molecule has 5 heteroatoms. The zero-order valence-corrected chi connectivity index (χ0v) is 11.7. The number of halogens is 1. The van der Waals surface area contributed by atoms with E-state index in [1.165, 1.54) is 0 Å². The molecule has 1 N–H and O–H groups in total. The fraction of sp³-hybridized carbons (Fsp3) is 0.583. The van der Waals surface area contributed by atoms with Gasteiger partial charge in [-0.25, -0.2) is 0 Å². The first-order valence-electron chi connectivity index (χ1n) is 5.89. The van der Waals surface area contributed by atoms with Crippen molar-refractivity contribution in [2.45, 2.75) is 19.9 Å². The second kappa shape index (κ2) is 8.44. The third kappa shape index (κ3) is 5.48. The highest BCUT2D eigenvalue weighted by Crippen LogP contribution is 2.00. The lowest BCUT2D eigenvalue weighted by Gasteiger charge is -2.07. The molecule has 0 spiro atoms. The van der Waals surface area contributed by atoms with Crippen LogP contribution >= 0.6 is 15.9 Å². The molecule has 0 aromatic carbocycles. The fourth-order valence-electron chi connectivity index (χ4n) is 1.45. The van der Waals surface area contributed by atoms with Crippen molar-refractivity contribution in [1.82, 2.24) is 9.88 Å². The third-order valence-corrected chi connectivity index (χ3v) is 2.95. The highest BCUT2D eigenvalue weighted by atomic mass is 79.9. The Labute approximate surface area is 110 Å². The molecule has 0 aliphatic carbocycles. The maximum Gasteiger partial charge on any atom is 0.264 e. The zero-order valence-electron chi connectivity index (χ0n) is 10.1. The van der Waals surface area contributed by atoms with Gasteiger partial charge in [0.25, 0.3) is 5.56 Å². The lowest BCUT2D eigenvalue weighted by atomic mass is 10.4. The minimum Gasteiger partial charge on any atom is -0.382 e. The summed E-state index contributed by atoms with van der Waals surface area (Å²) >= 11 is 3.23. The monoisotopic (exact) mass is 302 g/mol. The summed E-state index contributed by atoms with van der Waals surface area (Å²) in [6, 6.07) is 3.62. The van der Waals surface area contributed by atoms with Crippen molar-refractivity contribution >= 4 is 15.9 Å². The van der Waals surface area contributed by atoms with E-state index in [0.717, 1.165) is 32.7 Å². The van der Waals surface area contributed by atoms with Crippen LogP contribution in [0.1, 0.15) is 13.3 Å². The zero-order chi connectivity index (χ0) is 12.5. The largest absolute Gasteiger partial charge is 0.382 e. The quantitative estimate of drug-likeness (QED) is 0.742. The molecule has 0 radical (unpaired) electrons. The van der Waals surface area contributed by atoms with Crippen LogP contribution in [0.25, 0.3) is 0 Å². The fourth-order valence-corrected chi connectivity index (χ4v) is 1.83. The van der Waals surface area contributed by atoms with Crippen LogP contribution in [-0.4, -0.2) is 30.9 Å². The van der Waals surface area contributed by atoms with E-state index >= 15 is 0 Å². The molecule has 1 aromatic heterocycles. The van der Waals surface area contributed by atoms with Gasteiger partial charge < -0.3 is 14.6 Å². The third-order valence-electron chi connectivity index (χ3n) is 2.35. The average Bonchev–Trinajstić information content (AvgIpc) is 2.33. The van der Waals surface area contributed by atoms with Gasteiger partial charge in [-0.2, -0.15) is 0 Å².